The van der Waals surface area contributed by atoms with Crippen molar-refractivity contribution in [2.24, 2.45) is 0 Å². The maximum Gasteiger partial charge on any atom is 0.190 e. The fourth-order valence-electron chi connectivity index (χ4n) is 1.02. The monoisotopic (exact) mass is 322 g/mol. The van der Waals surface area contributed by atoms with Gasteiger partial charge in [-0.2, -0.15) is 0 Å². The lowest BCUT2D eigenvalue weighted by molar-refractivity contribution is 0.594. The van der Waals surface area contributed by atoms with E-state index in [-0.39, 0.29) is 0 Å². The number of benzene rings is 1. The summed E-state index contributed by atoms with van der Waals surface area (Å²) in [5.41, 5.74) is 0. The molecule has 0 radical (unpaired) electrons. The lowest BCUT2D eigenvalue weighted by Gasteiger charge is -2.08. The van der Waals surface area contributed by atoms with Gasteiger partial charge in [-0.1, -0.05) is 46.9 Å². The summed E-state index contributed by atoms with van der Waals surface area (Å²) in [6.45, 7) is 3.54. The fourth-order valence-corrected chi connectivity index (χ4v) is 3.48. The van der Waals surface area contributed by atoms with Crippen molar-refractivity contribution in [3.63, 3.8) is 0 Å². The Balaban J connectivity index is 3.03. The minimum Gasteiger partial charge on any atom is -0.223 e. The molecular weight excluding hydrogens is 311 g/mol. The van der Waals surface area contributed by atoms with Crippen molar-refractivity contribution in [1.29, 1.82) is 0 Å². The van der Waals surface area contributed by atoms with E-state index >= 15 is 0 Å². The van der Waals surface area contributed by atoms with Gasteiger partial charge in [0.05, 0.1) is 4.90 Å². The summed E-state index contributed by atoms with van der Waals surface area (Å²) in [6.07, 6.45) is 2.09. The molecule has 0 N–H and O–H groups in total. The highest BCUT2D eigenvalue weighted by Crippen LogP contribution is 2.22. The van der Waals surface area contributed by atoms with Gasteiger partial charge in [-0.15, -0.1) is 6.58 Å². The van der Waals surface area contributed by atoms with Gasteiger partial charge in [-0.25, -0.2) is 8.42 Å². The van der Waals surface area contributed by atoms with E-state index in [1.54, 1.807) is 36.4 Å². The molecule has 0 amide bonds. The molecule has 1 atom stereocenters. The van der Waals surface area contributed by atoms with Crippen molar-refractivity contribution in [1.82, 2.24) is 0 Å². The first-order chi connectivity index (χ1) is 6.59. The second-order valence-corrected chi connectivity index (χ2v) is 7.27. The summed E-state index contributed by atoms with van der Waals surface area (Å²) in [5.74, 6) is 0. The Morgan fingerprint density at radius 3 is 2.43 bits per heavy atom. The average Bonchev–Trinajstić information content (AvgIpc) is 2.19. The van der Waals surface area contributed by atoms with Crippen LogP contribution < -0.4 is 0 Å². The van der Waals surface area contributed by atoms with Crippen LogP contribution in [0.1, 0.15) is 6.42 Å². The highest BCUT2D eigenvalue weighted by atomic mass is 127. The minimum absolute atomic E-state index is 0.376. The molecule has 0 aliphatic carbocycles. The predicted molar refractivity (Wildman–Crippen MR) is 66.2 cm³/mol. The van der Waals surface area contributed by atoms with Gasteiger partial charge in [0, 0.05) is 0 Å². The van der Waals surface area contributed by atoms with E-state index in [0.717, 1.165) is 0 Å². The van der Waals surface area contributed by atoms with Crippen molar-refractivity contribution in [3.8, 4) is 0 Å². The van der Waals surface area contributed by atoms with Crippen molar-refractivity contribution < 1.29 is 8.42 Å². The molecule has 0 aliphatic heterocycles. The Hall–Kier alpha value is -0.360. The maximum absolute atomic E-state index is 11.9. The number of sulfone groups is 1. The van der Waals surface area contributed by atoms with E-state index in [4.69, 9.17) is 0 Å². The van der Waals surface area contributed by atoms with Crippen LogP contribution in [0.5, 0.6) is 0 Å². The summed E-state index contributed by atoms with van der Waals surface area (Å²) in [7, 11) is -3.19. The smallest absolute Gasteiger partial charge is 0.190 e. The molecule has 0 aromatic heterocycles. The molecule has 2 nitrogen and oxygen atoms in total. The van der Waals surface area contributed by atoms with Gasteiger partial charge in [0.2, 0.25) is 0 Å². The van der Waals surface area contributed by atoms with Crippen LogP contribution in [-0.4, -0.2) is 11.7 Å². The van der Waals surface area contributed by atoms with Gasteiger partial charge in [0.1, 0.15) is 3.26 Å². The Morgan fingerprint density at radius 2 is 1.93 bits per heavy atom. The molecule has 14 heavy (non-hydrogen) atoms. The van der Waals surface area contributed by atoms with Gasteiger partial charge in [0.25, 0.3) is 0 Å². The summed E-state index contributed by atoms with van der Waals surface area (Å²) in [6, 6.07) is 8.48. The van der Waals surface area contributed by atoms with Crippen LogP contribution in [0.25, 0.3) is 0 Å². The second kappa shape index (κ2) is 4.93. The van der Waals surface area contributed by atoms with Crippen LogP contribution in [0, 0.1) is 0 Å². The first-order valence-corrected chi connectivity index (χ1v) is 6.92. The lowest BCUT2D eigenvalue weighted by atomic mass is 10.4. The number of halogens is 1. The maximum atomic E-state index is 11.9. The van der Waals surface area contributed by atoms with Crippen LogP contribution in [0.15, 0.2) is 47.9 Å². The van der Waals surface area contributed by atoms with E-state index in [1.807, 2.05) is 22.6 Å². The molecule has 0 heterocycles. The molecule has 1 aromatic rings. The summed E-state index contributed by atoms with van der Waals surface area (Å²) < 4.78 is 23.3. The molecule has 1 aromatic carbocycles. The molecule has 0 fully saturated rings. The molecule has 1 unspecified atom stereocenters. The van der Waals surface area contributed by atoms with Crippen molar-refractivity contribution in [3.05, 3.63) is 43.0 Å². The van der Waals surface area contributed by atoms with Crippen LogP contribution >= 0.6 is 22.6 Å². The highest BCUT2D eigenvalue weighted by Gasteiger charge is 2.22. The number of allylic oxidation sites excluding steroid dienone is 1. The van der Waals surface area contributed by atoms with Crippen molar-refractivity contribution in [2.45, 2.75) is 14.6 Å². The Morgan fingerprint density at radius 1 is 1.36 bits per heavy atom. The Bertz CT molecular complexity index is 397. The minimum atomic E-state index is -3.19. The molecule has 0 spiro atoms. The predicted octanol–water partition coefficient (Wildman–Crippen LogP) is 2.80. The van der Waals surface area contributed by atoms with Gasteiger partial charge < -0.3 is 0 Å². The van der Waals surface area contributed by atoms with Gasteiger partial charge in [0.15, 0.2) is 9.84 Å². The second-order valence-electron chi connectivity index (χ2n) is 2.79. The Kier molecular flexibility index (Phi) is 4.12. The van der Waals surface area contributed by atoms with Crippen molar-refractivity contribution >= 4 is 32.4 Å². The largest absolute Gasteiger partial charge is 0.223 e. The third kappa shape index (κ3) is 2.57. The molecule has 0 saturated carbocycles. The average molecular weight is 322 g/mol. The standard InChI is InChI=1S/C10H11IO2S/c1-2-6-10(11)14(12,13)9-7-4-3-5-8-9/h2-5,7-8,10H,1,6H2. The zero-order chi connectivity index (χ0) is 10.6. The summed E-state index contributed by atoms with van der Waals surface area (Å²) in [4.78, 5) is 0.376. The topological polar surface area (TPSA) is 34.1 Å². The van der Waals surface area contributed by atoms with E-state index in [9.17, 15) is 8.42 Å². The Labute approximate surface area is 98.1 Å². The molecule has 4 heteroatoms. The number of hydrogen-bond acceptors (Lipinski definition) is 2. The van der Waals surface area contributed by atoms with E-state index < -0.39 is 13.1 Å². The first-order valence-electron chi connectivity index (χ1n) is 4.13. The van der Waals surface area contributed by atoms with Crippen LogP contribution in [0.2, 0.25) is 0 Å². The molecule has 0 bridgehead atoms. The van der Waals surface area contributed by atoms with Crippen LogP contribution in [0.3, 0.4) is 0 Å². The molecule has 1 rings (SSSR count). The van der Waals surface area contributed by atoms with E-state index in [1.165, 1.54) is 0 Å². The SMILES string of the molecule is C=CCC(I)S(=O)(=O)c1ccccc1. The van der Waals surface area contributed by atoms with Crippen LogP contribution in [0.4, 0.5) is 0 Å². The summed E-state index contributed by atoms with van der Waals surface area (Å²) in [5, 5.41) is 0. The normalized spacial score (nSPS) is 13.5. The van der Waals surface area contributed by atoms with E-state index in [0.29, 0.717) is 11.3 Å². The first kappa shape index (κ1) is 11.7. The zero-order valence-corrected chi connectivity index (χ0v) is 10.5. The molecular formula is C10H11IO2S. The van der Waals surface area contributed by atoms with Gasteiger partial charge in [-0.3, -0.25) is 0 Å². The van der Waals surface area contributed by atoms with E-state index in [2.05, 4.69) is 6.58 Å². The number of rotatable bonds is 4. The number of alkyl halides is 1. The zero-order valence-electron chi connectivity index (χ0n) is 7.56. The van der Waals surface area contributed by atoms with Crippen LogP contribution in [-0.2, 0) is 9.84 Å². The molecule has 0 aliphatic rings. The quantitative estimate of drug-likeness (QED) is 0.485. The van der Waals surface area contributed by atoms with Crippen molar-refractivity contribution in [2.75, 3.05) is 0 Å². The fraction of sp³-hybridized carbons (Fsp3) is 0.200. The number of hydrogen-bond donors (Lipinski definition) is 0. The lowest BCUT2D eigenvalue weighted by Crippen LogP contribution is -2.13. The third-order valence-corrected chi connectivity index (χ3v) is 6.07. The molecule has 76 valence electrons. The van der Waals surface area contributed by atoms with Gasteiger partial charge >= 0.3 is 0 Å². The highest BCUT2D eigenvalue weighted by molar-refractivity contribution is 14.1. The summed E-state index contributed by atoms with van der Waals surface area (Å²) >= 11 is 1.93. The van der Waals surface area contributed by atoms with Gasteiger partial charge in [-0.05, 0) is 18.6 Å². The third-order valence-electron chi connectivity index (χ3n) is 1.76. The molecule has 0 saturated heterocycles.